The summed E-state index contributed by atoms with van der Waals surface area (Å²) >= 11 is 0. The molecule has 1 aliphatic heterocycles. The van der Waals surface area contributed by atoms with Crippen LogP contribution in [0.25, 0.3) is 11.1 Å². The number of nitrogens with two attached hydrogens (primary N) is 1. The number of hydrogen-bond donors (Lipinski definition) is 2. The molecule has 1 aromatic heterocycles. The molecule has 0 spiro atoms. The van der Waals surface area contributed by atoms with Gasteiger partial charge in [-0.15, -0.1) is 0 Å². The molecule has 0 radical (unpaired) electrons. The minimum Gasteiger partial charge on any atom is -0.434 e. The lowest BCUT2D eigenvalue weighted by atomic mass is 9.85. The highest BCUT2D eigenvalue weighted by molar-refractivity contribution is 6.03. The van der Waals surface area contributed by atoms with Crippen LogP contribution in [0.4, 0.5) is 13.6 Å². The molecule has 0 bridgehead atoms. The molecular weight excluding hydrogens is 522 g/mol. The summed E-state index contributed by atoms with van der Waals surface area (Å²) in [6.45, 7) is 3.43. The van der Waals surface area contributed by atoms with E-state index >= 15 is 8.78 Å². The summed E-state index contributed by atoms with van der Waals surface area (Å²) in [5.41, 5.74) is 5.34. The molecule has 3 atom stereocenters. The van der Waals surface area contributed by atoms with E-state index in [0.29, 0.717) is 23.1 Å². The zero-order valence-electron chi connectivity index (χ0n) is 22.6. The van der Waals surface area contributed by atoms with Gasteiger partial charge in [-0.1, -0.05) is 55.8 Å². The van der Waals surface area contributed by atoms with Gasteiger partial charge in [0.05, 0.1) is 25.2 Å². The van der Waals surface area contributed by atoms with E-state index in [1.165, 1.54) is 11.8 Å². The summed E-state index contributed by atoms with van der Waals surface area (Å²) in [5, 5.41) is 2.72. The van der Waals surface area contributed by atoms with Crippen LogP contribution in [0, 0.1) is 5.92 Å². The third-order valence-corrected chi connectivity index (χ3v) is 7.21. The van der Waals surface area contributed by atoms with Gasteiger partial charge in [-0.25, -0.2) is 18.6 Å². The van der Waals surface area contributed by atoms with Gasteiger partial charge in [0.2, 0.25) is 11.7 Å². The number of Topliss-reactive ketones (excluding diaryl/α,β-unsaturated/α-hetero) is 1. The Kier molecular flexibility index (Phi) is 8.82. The first-order valence-corrected chi connectivity index (χ1v) is 13.3. The van der Waals surface area contributed by atoms with Crippen molar-refractivity contribution in [3.05, 3.63) is 66.1 Å². The van der Waals surface area contributed by atoms with Crippen LogP contribution < -0.4 is 11.1 Å². The number of nitrogens with zero attached hydrogens (tertiary/aromatic N) is 2. The Morgan fingerprint density at radius 1 is 1.15 bits per heavy atom. The van der Waals surface area contributed by atoms with Gasteiger partial charge in [-0.3, -0.25) is 9.59 Å². The Morgan fingerprint density at radius 3 is 2.52 bits per heavy atom. The predicted molar refractivity (Wildman–Crippen MR) is 144 cm³/mol. The lowest BCUT2D eigenvalue weighted by molar-refractivity contribution is -0.136. The van der Waals surface area contributed by atoms with Crippen molar-refractivity contribution >= 4 is 28.8 Å². The van der Waals surface area contributed by atoms with Crippen LogP contribution in [0.5, 0.6) is 0 Å². The van der Waals surface area contributed by atoms with E-state index in [0.717, 1.165) is 0 Å². The number of ketones is 1. The second kappa shape index (κ2) is 12.1. The maximum absolute atomic E-state index is 15.5. The molecule has 0 aliphatic carbocycles. The number of rotatable bonds is 11. The fourth-order valence-corrected chi connectivity index (χ4v) is 5.22. The first-order chi connectivity index (χ1) is 19.0. The minimum atomic E-state index is -3.31. The molecule has 0 saturated carbocycles. The Labute approximate surface area is 231 Å². The average molecular weight is 557 g/mol. The van der Waals surface area contributed by atoms with Crippen LogP contribution in [0.1, 0.15) is 49.4 Å². The quantitative estimate of drug-likeness (QED) is 0.338. The summed E-state index contributed by atoms with van der Waals surface area (Å²) in [4.78, 5) is 45.2. The molecule has 1 aliphatic rings. The van der Waals surface area contributed by atoms with Gasteiger partial charge in [-0.05, 0) is 31.0 Å². The van der Waals surface area contributed by atoms with Gasteiger partial charge in [0, 0.05) is 19.4 Å². The second-order valence-electron chi connectivity index (χ2n) is 10.4. The molecule has 2 heterocycles. The van der Waals surface area contributed by atoms with Crippen LogP contribution >= 0.6 is 0 Å². The number of morpholine rings is 1. The largest absolute Gasteiger partial charge is 0.434 e. The fraction of sp³-hybridized carbons (Fsp3) is 0.448. The monoisotopic (exact) mass is 556 g/mol. The standard InChI is InChI=1S/C29H34F2N4O5/c1-3-13-28(2,24(36)26-33-21-11-7-8-12-23(21)40-26)34-25(37)20(22-18-39-15-14-35(22)27(32)38)17-29(30,31)16-19-9-5-4-6-10-19/h4-12,20,22H,3,13-18H2,1-2H3,(H2,32,38)(H,34,37)/t20-,22?,28-/m0/s1. The third kappa shape index (κ3) is 6.64. The Hall–Kier alpha value is -3.86. The highest BCUT2D eigenvalue weighted by atomic mass is 19.3. The molecule has 1 saturated heterocycles. The van der Waals surface area contributed by atoms with Crippen LogP contribution in [-0.2, 0) is 16.0 Å². The molecule has 1 fully saturated rings. The molecule has 3 amide bonds. The predicted octanol–water partition coefficient (Wildman–Crippen LogP) is 4.35. The number of carbonyl (C=O) groups excluding carboxylic acids is 3. The van der Waals surface area contributed by atoms with Gasteiger partial charge in [-0.2, -0.15) is 0 Å². The number of primary amides is 1. The lowest BCUT2D eigenvalue weighted by Gasteiger charge is -2.40. The first kappa shape index (κ1) is 29.1. The van der Waals surface area contributed by atoms with Crippen molar-refractivity contribution < 1.29 is 32.3 Å². The number of carbonyl (C=O) groups is 3. The number of halogens is 2. The number of aromatic nitrogens is 1. The highest BCUT2D eigenvalue weighted by Gasteiger charge is 2.46. The third-order valence-electron chi connectivity index (χ3n) is 7.21. The molecule has 3 aromatic rings. The van der Waals surface area contributed by atoms with Crippen LogP contribution in [0.2, 0.25) is 0 Å². The van der Waals surface area contributed by atoms with Gasteiger partial charge in [0.1, 0.15) is 11.1 Å². The van der Waals surface area contributed by atoms with Crippen molar-refractivity contribution in [3.8, 4) is 0 Å². The number of urea groups is 1. The minimum absolute atomic E-state index is 0.0576. The summed E-state index contributed by atoms with van der Waals surface area (Å²) in [7, 11) is 0. The van der Waals surface area contributed by atoms with Crippen molar-refractivity contribution in [2.75, 3.05) is 19.8 Å². The number of alkyl halides is 2. The number of nitrogens with one attached hydrogen (secondary N) is 1. The van der Waals surface area contributed by atoms with Gasteiger partial charge < -0.3 is 25.1 Å². The van der Waals surface area contributed by atoms with E-state index in [-0.39, 0.29) is 32.1 Å². The number of benzene rings is 2. The average Bonchev–Trinajstić information content (AvgIpc) is 3.36. The van der Waals surface area contributed by atoms with Crippen molar-refractivity contribution in [2.45, 2.75) is 57.0 Å². The number of oxazole rings is 1. The van der Waals surface area contributed by atoms with Crippen molar-refractivity contribution in [1.82, 2.24) is 15.2 Å². The van der Waals surface area contributed by atoms with E-state index in [2.05, 4.69) is 10.3 Å². The molecule has 11 heteroatoms. The van der Waals surface area contributed by atoms with Crippen LogP contribution in [0.15, 0.2) is 59.0 Å². The lowest BCUT2D eigenvalue weighted by Crippen LogP contribution is -2.61. The maximum atomic E-state index is 15.5. The number of hydrogen-bond acceptors (Lipinski definition) is 6. The van der Waals surface area contributed by atoms with Gasteiger partial charge in [0.15, 0.2) is 5.58 Å². The highest BCUT2D eigenvalue weighted by Crippen LogP contribution is 2.33. The van der Waals surface area contributed by atoms with Crippen molar-refractivity contribution in [3.63, 3.8) is 0 Å². The Morgan fingerprint density at radius 2 is 1.85 bits per heavy atom. The Balaban J connectivity index is 1.64. The van der Waals surface area contributed by atoms with Crippen LogP contribution in [0.3, 0.4) is 0 Å². The number of para-hydroxylation sites is 2. The first-order valence-electron chi connectivity index (χ1n) is 13.3. The van der Waals surface area contributed by atoms with Gasteiger partial charge in [0.25, 0.3) is 11.8 Å². The summed E-state index contributed by atoms with van der Waals surface area (Å²) in [5.74, 6) is -6.31. The summed E-state index contributed by atoms with van der Waals surface area (Å²) < 4.78 is 42.1. The van der Waals surface area contributed by atoms with E-state index in [9.17, 15) is 14.4 Å². The summed E-state index contributed by atoms with van der Waals surface area (Å²) in [6, 6.07) is 13.2. The molecule has 2 aromatic carbocycles. The zero-order chi connectivity index (χ0) is 28.9. The number of amides is 3. The molecule has 3 N–H and O–H groups in total. The molecule has 9 nitrogen and oxygen atoms in total. The fourth-order valence-electron chi connectivity index (χ4n) is 5.22. The molecular formula is C29H34F2N4O5. The zero-order valence-corrected chi connectivity index (χ0v) is 22.6. The van der Waals surface area contributed by atoms with E-state index in [4.69, 9.17) is 14.9 Å². The SMILES string of the molecule is CCC[C@](C)(NC(=O)[C@@H](CC(F)(F)Cc1ccccc1)C1COCCN1C(N)=O)C(=O)c1nc2ccccc2o1. The smallest absolute Gasteiger partial charge is 0.315 e. The number of ether oxygens (including phenoxy) is 1. The molecule has 1 unspecified atom stereocenters. The van der Waals surface area contributed by atoms with Crippen molar-refractivity contribution in [1.29, 1.82) is 0 Å². The topological polar surface area (TPSA) is 128 Å². The normalized spacial score (nSPS) is 18.2. The Bertz CT molecular complexity index is 1320. The van der Waals surface area contributed by atoms with E-state index in [1.54, 1.807) is 54.6 Å². The molecule has 214 valence electrons. The van der Waals surface area contributed by atoms with Crippen molar-refractivity contribution in [2.24, 2.45) is 11.7 Å². The summed E-state index contributed by atoms with van der Waals surface area (Å²) in [6.07, 6.45) is -0.789. The van der Waals surface area contributed by atoms with Gasteiger partial charge >= 0.3 is 6.03 Å². The maximum Gasteiger partial charge on any atom is 0.315 e. The number of fused-ring (bicyclic) bond motifs is 1. The molecule has 40 heavy (non-hydrogen) atoms. The van der Waals surface area contributed by atoms with Crippen LogP contribution in [-0.4, -0.2) is 64.9 Å². The second-order valence-corrected chi connectivity index (χ2v) is 10.4. The molecule has 4 rings (SSSR count). The van der Waals surface area contributed by atoms with E-state index in [1.807, 2.05) is 6.92 Å². The van der Waals surface area contributed by atoms with E-state index < -0.39 is 54.0 Å².